The van der Waals surface area contributed by atoms with Crippen LogP contribution in [0.4, 0.5) is 0 Å². The molecule has 1 unspecified atom stereocenters. The molecule has 1 atom stereocenters. The van der Waals surface area contributed by atoms with Crippen molar-refractivity contribution in [3.8, 4) is 16.9 Å². The highest BCUT2D eigenvalue weighted by atomic mass is 35.5. The highest BCUT2D eigenvalue weighted by Gasteiger charge is 2.31. The first-order valence-electron chi connectivity index (χ1n) is 11.8. The van der Waals surface area contributed by atoms with E-state index >= 15 is 0 Å². The van der Waals surface area contributed by atoms with Gasteiger partial charge in [-0.25, -0.2) is 0 Å². The quantitative estimate of drug-likeness (QED) is 0.367. The number of esters is 1. The summed E-state index contributed by atoms with van der Waals surface area (Å²) in [6, 6.07) is 17.1. The summed E-state index contributed by atoms with van der Waals surface area (Å²) >= 11 is 7.03. The molecule has 0 bridgehead atoms. The van der Waals surface area contributed by atoms with Crippen LogP contribution in [0.25, 0.3) is 21.9 Å². The van der Waals surface area contributed by atoms with Crippen LogP contribution in [0.2, 0.25) is 5.02 Å². The lowest BCUT2D eigenvalue weighted by Crippen LogP contribution is -2.13. The third-order valence-corrected chi connectivity index (χ3v) is 7.31. The van der Waals surface area contributed by atoms with Crippen molar-refractivity contribution in [1.29, 1.82) is 0 Å². The third kappa shape index (κ3) is 4.11. The van der Waals surface area contributed by atoms with E-state index in [4.69, 9.17) is 21.1 Å². The Hall–Kier alpha value is -2.52. The zero-order valence-electron chi connectivity index (χ0n) is 18.5. The smallest absolute Gasteiger partial charge is 0.306 e. The molecule has 0 amide bonds. The molecule has 0 aromatic heterocycles. The second-order valence-electron chi connectivity index (χ2n) is 8.97. The lowest BCUT2D eigenvalue weighted by Gasteiger charge is -2.22. The molecule has 3 aromatic carbocycles. The van der Waals surface area contributed by atoms with E-state index in [0.717, 1.165) is 53.1 Å². The fraction of sp³-hybridized carbons (Fsp3) is 0.393. The lowest BCUT2D eigenvalue weighted by atomic mass is 9.92. The van der Waals surface area contributed by atoms with Crippen LogP contribution in [0.1, 0.15) is 62.5 Å². The predicted molar refractivity (Wildman–Crippen MR) is 130 cm³/mol. The van der Waals surface area contributed by atoms with Crippen LogP contribution in [0, 0.1) is 0 Å². The summed E-state index contributed by atoms with van der Waals surface area (Å²) in [5, 5.41) is 3.13. The van der Waals surface area contributed by atoms with Gasteiger partial charge >= 0.3 is 5.97 Å². The molecule has 166 valence electrons. The van der Waals surface area contributed by atoms with Crippen LogP contribution < -0.4 is 4.74 Å². The molecule has 1 saturated carbocycles. The van der Waals surface area contributed by atoms with Gasteiger partial charge in [0.1, 0.15) is 5.75 Å². The van der Waals surface area contributed by atoms with E-state index in [0.29, 0.717) is 13.0 Å². The molecule has 0 radical (unpaired) electrons. The second kappa shape index (κ2) is 9.15. The number of rotatable bonds is 6. The van der Waals surface area contributed by atoms with Crippen molar-refractivity contribution in [3.63, 3.8) is 0 Å². The molecule has 4 heteroatoms. The number of halogens is 1. The SMILES string of the molecule is CCOC(=O)CC1CCc2c1cc(-c1ccc3ccccc3c1)c(OC1CCCC1)c2Cl. The minimum atomic E-state index is -0.139. The molecule has 0 spiro atoms. The first kappa shape index (κ1) is 21.3. The Bertz CT molecular complexity index is 1150. The molecule has 0 heterocycles. The second-order valence-corrected chi connectivity index (χ2v) is 9.34. The van der Waals surface area contributed by atoms with Crippen LogP contribution in [0.15, 0.2) is 48.5 Å². The summed E-state index contributed by atoms with van der Waals surface area (Å²) in [7, 11) is 0. The molecule has 3 aromatic rings. The molecule has 1 fully saturated rings. The van der Waals surface area contributed by atoms with Gasteiger partial charge in [-0.15, -0.1) is 0 Å². The first-order valence-corrected chi connectivity index (χ1v) is 12.2. The topological polar surface area (TPSA) is 35.5 Å². The van der Waals surface area contributed by atoms with Crippen LogP contribution in [0.3, 0.4) is 0 Å². The standard InChI is InChI=1S/C28H29ClO3/c1-2-31-26(30)16-21-13-14-23-24(21)17-25(28(27(23)29)32-22-9-5-6-10-22)20-12-11-18-7-3-4-8-19(18)15-20/h3-4,7-8,11-12,15,17,21-22H,2,5-6,9-10,13-14,16H2,1H3. The summed E-state index contributed by atoms with van der Waals surface area (Å²) in [4.78, 5) is 12.2. The van der Waals surface area contributed by atoms with Crippen molar-refractivity contribution >= 4 is 28.3 Å². The highest BCUT2D eigenvalue weighted by molar-refractivity contribution is 6.33. The number of fused-ring (bicyclic) bond motifs is 2. The molecule has 0 N–H and O–H groups in total. The number of carbonyl (C=O) groups is 1. The Morgan fingerprint density at radius 3 is 2.59 bits per heavy atom. The molecule has 5 rings (SSSR count). The summed E-state index contributed by atoms with van der Waals surface area (Å²) in [6.07, 6.45) is 6.99. The van der Waals surface area contributed by atoms with Crippen LogP contribution in [-0.4, -0.2) is 18.7 Å². The first-order chi connectivity index (χ1) is 15.6. The number of hydrogen-bond donors (Lipinski definition) is 0. The van der Waals surface area contributed by atoms with E-state index in [9.17, 15) is 4.79 Å². The Labute approximate surface area is 194 Å². The molecule has 0 saturated heterocycles. The number of hydrogen-bond acceptors (Lipinski definition) is 3. The van der Waals surface area contributed by atoms with Gasteiger partial charge in [0.25, 0.3) is 0 Å². The Kier molecular flexibility index (Phi) is 6.10. The summed E-state index contributed by atoms with van der Waals surface area (Å²) in [5.74, 6) is 0.811. The molecule has 3 nitrogen and oxygen atoms in total. The third-order valence-electron chi connectivity index (χ3n) is 6.91. The van der Waals surface area contributed by atoms with Crippen molar-refractivity contribution in [2.45, 2.75) is 63.9 Å². The predicted octanol–water partition coefficient (Wildman–Crippen LogP) is 7.46. The van der Waals surface area contributed by atoms with E-state index < -0.39 is 0 Å². The maximum Gasteiger partial charge on any atom is 0.306 e. The summed E-state index contributed by atoms with van der Waals surface area (Å²) in [6.45, 7) is 2.26. The molecule has 0 aliphatic heterocycles. The van der Waals surface area contributed by atoms with E-state index in [1.165, 1.54) is 29.2 Å². The van der Waals surface area contributed by atoms with Crippen molar-refractivity contribution in [2.24, 2.45) is 0 Å². The fourth-order valence-corrected chi connectivity index (χ4v) is 5.63. The monoisotopic (exact) mass is 448 g/mol. The lowest BCUT2D eigenvalue weighted by molar-refractivity contribution is -0.143. The zero-order valence-corrected chi connectivity index (χ0v) is 19.3. The van der Waals surface area contributed by atoms with E-state index in [1.54, 1.807) is 0 Å². The maximum atomic E-state index is 12.2. The van der Waals surface area contributed by atoms with Crippen molar-refractivity contribution in [1.82, 2.24) is 0 Å². The molecular formula is C28H29ClO3. The van der Waals surface area contributed by atoms with Gasteiger partial charge < -0.3 is 9.47 Å². The number of carbonyl (C=O) groups excluding carboxylic acids is 1. The zero-order chi connectivity index (χ0) is 22.1. The normalized spacial score (nSPS) is 18.1. The van der Waals surface area contributed by atoms with Gasteiger partial charge in [0.15, 0.2) is 0 Å². The minimum Gasteiger partial charge on any atom is -0.488 e. The summed E-state index contributed by atoms with van der Waals surface area (Å²) < 4.78 is 11.8. The molecule has 2 aliphatic carbocycles. The molecule has 2 aliphatic rings. The van der Waals surface area contributed by atoms with Gasteiger partial charge in [0.2, 0.25) is 0 Å². The van der Waals surface area contributed by atoms with Gasteiger partial charge in [-0.3, -0.25) is 4.79 Å². The summed E-state index contributed by atoms with van der Waals surface area (Å²) in [5.41, 5.74) is 4.44. The van der Waals surface area contributed by atoms with Gasteiger partial charge in [-0.2, -0.15) is 0 Å². The average Bonchev–Trinajstić information content (AvgIpc) is 3.46. The van der Waals surface area contributed by atoms with Crippen LogP contribution in [0.5, 0.6) is 5.75 Å². The van der Waals surface area contributed by atoms with Gasteiger partial charge in [-0.1, -0.05) is 48.0 Å². The molecular weight excluding hydrogens is 420 g/mol. The molecule has 32 heavy (non-hydrogen) atoms. The maximum absolute atomic E-state index is 12.2. The minimum absolute atomic E-state index is 0.139. The Balaban J connectivity index is 1.60. The van der Waals surface area contributed by atoms with Crippen LogP contribution in [-0.2, 0) is 16.0 Å². The highest BCUT2D eigenvalue weighted by Crippen LogP contribution is 2.49. The van der Waals surface area contributed by atoms with Crippen LogP contribution >= 0.6 is 11.6 Å². The van der Waals surface area contributed by atoms with Crippen molar-refractivity contribution in [3.05, 3.63) is 64.7 Å². The average molecular weight is 449 g/mol. The van der Waals surface area contributed by atoms with Gasteiger partial charge in [0, 0.05) is 5.56 Å². The Morgan fingerprint density at radius 2 is 1.81 bits per heavy atom. The van der Waals surface area contributed by atoms with Crippen molar-refractivity contribution < 1.29 is 14.3 Å². The number of benzene rings is 3. The fourth-order valence-electron chi connectivity index (χ4n) is 5.28. The van der Waals surface area contributed by atoms with E-state index in [-0.39, 0.29) is 18.0 Å². The van der Waals surface area contributed by atoms with Crippen molar-refractivity contribution in [2.75, 3.05) is 6.61 Å². The number of ether oxygens (including phenoxy) is 2. The Morgan fingerprint density at radius 1 is 1.03 bits per heavy atom. The van der Waals surface area contributed by atoms with Gasteiger partial charge in [-0.05, 0) is 91.0 Å². The van der Waals surface area contributed by atoms with Gasteiger partial charge in [0.05, 0.1) is 24.2 Å². The van der Waals surface area contributed by atoms with E-state index in [2.05, 4.69) is 48.5 Å². The largest absolute Gasteiger partial charge is 0.488 e. The van der Waals surface area contributed by atoms with E-state index in [1.807, 2.05) is 6.92 Å².